The minimum Gasteiger partial charge on any atom is -0.387 e. The van der Waals surface area contributed by atoms with Crippen molar-refractivity contribution in [3.8, 4) is 0 Å². The van der Waals surface area contributed by atoms with Crippen molar-refractivity contribution >= 4 is 23.6 Å². The van der Waals surface area contributed by atoms with E-state index in [0.717, 1.165) is 33.7 Å². The van der Waals surface area contributed by atoms with Crippen LogP contribution >= 0.6 is 0 Å². The van der Waals surface area contributed by atoms with Crippen LogP contribution in [0.5, 0.6) is 0 Å². The first-order chi connectivity index (χ1) is 27.8. The second-order valence-electron chi connectivity index (χ2n) is 14.3. The number of aromatic nitrogens is 4. The minimum absolute atomic E-state index is 0.0317. The predicted octanol–water partition coefficient (Wildman–Crippen LogP) is -8.19. The number of unbranched alkanes of at least 4 members (excludes halogenated alkanes) is 1. The van der Waals surface area contributed by atoms with Crippen molar-refractivity contribution in [2.24, 2.45) is 0 Å². The predicted molar refractivity (Wildman–Crippen MR) is 192 cm³/mol. The topological polar surface area (TPSA) is 384 Å². The molecular formula is C33H46N8O18. The Balaban J connectivity index is 1.00. The smallest absolute Gasteiger partial charge is 0.330 e. The lowest BCUT2D eigenvalue weighted by Gasteiger charge is -2.20. The molecule has 3 fully saturated rings. The molecule has 5 rings (SSSR count). The molecule has 0 aliphatic carbocycles. The molecule has 2 aromatic rings. The third-order valence-electron chi connectivity index (χ3n) is 9.53. The van der Waals surface area contributed by atoms with Crippen molar-refractivity contribution in [2.75, 3.05) is 26.2 Å². The number of carbonyl (C=O) groups excluding carboxylic acids is 4. The summed E-state index contributed by atoms with van der Waals surface area (Å²) in [7, 11) is 0. The number of H-pyrrole nitrogens is 2. The van der Waals surface area contributed by atoms with Crippen LogP contribution in [-0.2, 0) is 38.1 Å². The maximum absolute atomic E-state index is 13.1. The molecule has 326 valence electrons. The summed E-state index contributed by atoms with van der Waals surface area (Å²) in [5.41, 5.74) is -3.21. The van der Waals surface area contributed by atoms with E-state index in [2.05, 4.69) is 21.3 Å². The summed E-state index contributed by atoms with van der Waals surface area (Å²) in [5, 5.41) is 71.6. The Bertz CT molecular complexity index is 2090. The molecule has 2 aromatic heterocycles. The Kier molecular flexibility index (Phi) is 14.3. The van der Waals surface area contributed by atoms with E-state index in [9.17, 15) is 69.0 Å². The van der Waals surface area contributed by atoms with Crippen LogP contribution in [-0.4, -0.2) is 166 Å². The Morgan fingerprint density at radius 1 is 0.661 bits per heavy atom. The second kappa shape index (κ2) is 18.8. The van der Waals surface area contributed by atoms with E-state index in [1.807, 2.05) is 9.97 Å². The van der Waals surface area contributed by atoms with Crippen molar-refractivity contribution in [3.63, 3.8) is 0 Å². The number of hydrogen-bond acceptors (Lipinski definition) is 18. The normalized spacial score (nSPS) is 29.7. The quantitative estimate of drug-likeness (QED) is 0.0698. The molecule has 59 heavy (non-hydrogen) atoms. The average molecular weight is 843 g/mol. The molecule has 3 aliphatic rings. The van der Waals surface area contributed by atoms with E-state index in [1.54, 1.807) is 0 Å². The van der Waals surface area contributed by atoms with Crippen LogP contribution in [0.4, 0.5) is 0 Å². The molecule has 12 atom stereocenters. The fourth-order valence-electron chi connectivity index (χ4n) is 6.43. The van der Waals surface area contributed by atoms with Crippen molar-refractivity contribution < 1.29 is 68.8 Å². The fraction of sp³-hybridized carbons (Fsp3) is 0.636. The largest absolute Gasteiger partial charge is 0.387 e. The maximum Gasteiger partial charge on any atom is 0.330 e. The summed E-state index contributed by atoms with van der Waals surface area (Å²) in [6.45, 7) is 2.03. The Morgan fingerprint density at radius 2 is 1.07 bits per heavy atom. The first kappa shape index (κ1) is 44.9. The number of rotatable bonds is 16. The van der Waals surface area contributed by atoms with Crippen LogP contribution in [0.15, 0.2) is 43.7 Å². The molecule has 0 radical (unpaired) electrons. The number of ether oxygens (including phenoxy) is 4. The molecule has 5 heterocycles. The number of nitrogens with zero attached hydrogens (tertiary/aromatic N) is 2. The van der Waals surface area contributed by atoms with E-state index < -0.39 is 132 Å². The van der Waals surface area contributed by atoms with Crippen LogP contribution in [0.3, 0.4) is 0 Å². The van der Waals surface area contributed by atoms with Crippen molar-refractivity contribution in [3.05, 3.63) is 66.2 Å². The molecule has 0 aromatic carbocycles. The first-order valence-corrected chi connectivity index (χ1v) is 18.3. The molecule has 26 nitrogen and oxygen atoms in total. The monoisotopic (exact) mass is 842 g/mol. The van der Waals surface area contributed by atoms with Crippen LogP contribution in [0, 0.1) is 0 Å². The highest BCUT2D eigenvalue weighted by molar-refractivity contribution is 5.92. The van der Waals surface area contributed by atoms with Gasteiger partial charge in [0.2, 0.25) is 0 Å². The van der Waals surface area contributed by atoms with Gasteiger partial charge in [-0.15, -0.1) is 0 Å². The van der Waals surface area contributed by atoms with E-state index in [0.29, 0.717) is 0 Å². The fourth-order valence-corrected chi connectivity index (χ4v) is 6.43. The summed E-state index contributed by atoms with van der Waals surface area (Å²) in [4.78, 5) is 102. The van der Waals surface area contributed by atoms with E-state index in [1.165, 1.54) is 13.8 Å². The van der Waals surface area contributed by atoms with Crippen molar-refractivity contribution in [1.29, 1.82) is 0 Å². The lowest BCUT2D eigenvalue weighted by Crippen LogP contribution is -2.51. The molecule has 3 aliphatic heterocycles. The van der Waals surface area contributed by atoms with Crippen LogP contribution in [0.2, 0.25) is 0 Å². The molecule has 0 bridgehead atoms. The lowest BCUT2D eigenvalue weighted by molar-refractivity contribution is -0.159. The number of amides is 4. The zero-order chi connectivity index (χ0) is 43.3. The maximum atomic E-state index is 13.1. The van der Waals surface area contributed by atoms with Gasteiger partial charge in [-0.3, -0.25) is 47.9 Å². The average Bonchev–Trinajstić information content (AvgIpc) is 3.78. The molecule has 0 saturated carbocycles. The number of aliphatic hydroxyl groups excluding tert-OH is 6. The highest BCUT2D eigenvalue weighted by Gasteiger charge is 2.50. The molecule has 26 heteroatoms. The number of aliphatic hydroxyl groups is 6. The van der Waals surface area contributed by atoms with Gasteiger partial charge in [-0.1, -0.05) is 0 Å². The minimum atomic E-state index is -2.26. The number of carbonyl (C=O) groups is 4. The van der Waals surface area contributed by atoms with E-state index in [4.69, 9.17) is 18.9 Å². The van der Waals surface area contributed by atoms with Gasteiger partial charge in [-0.2, -0.15) is 0 Å². The number of nitrogens with one attached hydrogen (secondary N) is 6. The molecule has 12 N–H and O–H groups in total. The van der Waals surface area contributed by atoms with Gasteiger partial charge in [0.1, 0.15) is 36.6 Å². The highest BCUT2D eigenvalue weighted by atomic mass is 16.8. The number of aromatic amines is 2. The molecular weight excluding hydrogens is 796 g/mol. The Labute approximate surface area is 331 Å². The van der Waals surface area contributed by atoms with Gasteiger partial charge in [0, 0.05) is 50.7 Å². The van der Waals surface area contributed by atoms with Gasteiger partial charge in [-0.05, 0) is 26.7 Å². The molecule has 0 unspecified atom stereocenters. The Hall–Kier alpha value is -5.16. The van der Waals surface area contributed by atoms with Crippen molar-refractivity contribution in [1.82, 2.24) is 40.4 Å². The second-order valence-corrected chi connectivity index (χ2v) is 14.3. The summed E-state index contributed by atoms with van der Waals surface area (Å²) in [6, 6.07) is 2.01. The van der Waals surface area contributed by atoms with Gasteiger partial charge in [0.25, 0.3) is 34.7 Å². The zero-order valence-corrected chi connectivity index (χ0v) is 31.5. The number of hydrogen-bond donors (Lipinski definition) is 12. The molecule has 3 saturated heterocycles. The van der Waals surface area contributed by atoms with Crippen molar-refractivity contribution in [2.45, 2.75) is 106 Å². The summed E-state index contributed by atoms with van der Waals surface area (Å²) in [6.07, 6.45) is -16.4. The standard InChI is InChI=1S/C33H46N8O18/c1-33(2)58-23(24(59-33)28(53)37-12-14-18(45)22(49)30(57-14)41-10-6-16(43)39-32(41)55)27(52)35-8-4-3-7-34-25(50)19(46)20(47)26(51)36-11-13-17(44)21(48)29(56-13)40-9-5-15(42)38-31(40)54/h5-6,9-10,13-14,17-24,29-30,44-49H,3-4,7-8,11-12H2,1-2H3,(H,34,50)(H,35,52)(H,36,51)(H,37,53)(H,38,42,54)(H,39,43,55)/t13-,14-,17-,18-,19-,20-,21-,22-,23+,24+,29-,30-/m1/s1. The third kappa shape index (κ3) is 10.5. The van der Waals surface area contributed by atoms with Crippen LogP contribution < -0.4 is 43.8 Å². The zero-order valence-electron chi connectivity index (χ0n) is 31.5. The van der Waals surface area contributed by atoms with Gasteiger partial charge in [-0.25, -0.2) is 9.59 Å². The summed E-state index contributed by atoms with van der Waals surface area (Å²) < 4.78 is 24.0. The Morgan fingerprint density at radius 3 is 1.53 bits per heavy atom. The third-order valence-corrected chi connectivity index (χ3v) is 9.53. The van der Waals surface area contributed by atoms with Gasteiger partial charge in [0.05, 0.1) is 0 Å². The first-order valence-electron chi connectivity index (χ1n) is 18.3. The van der Waals surface area contributed by atoms with Crippen LogP contribution in [0.25, 0.3) is 0 Å². The van der Waals surface area contributed by atoms with Gasteiger partial charge in [0.15, 0.2) is 42.7 Å². The SMILES string of the molecule is CC1(C)O[C@H](C(=O)NCCCCNC(=O)[C@H](O)[C@@H](O)C(=O)NC[C@H]2O[C@@H](n3ccc(=O)[nH]c3=O)[C@H](O)[C@@H]2O)[C@@H](C(=O)NC[C@H]2O[C@@H](n3ccc(=O)[nH]c3=O)[C@H](O)[C@@H]2O)O1. The van der Waals surface area contributed by atoms with Crippen LogP contribution in [0.1, 0.15) is 39.1 Å². The summed E-state index contributed by atoms with van der Waals surface area (Å²) in [5.74, 6) is -5.24. The van der Waals surface area contributed by atoms with Gasteiger partial charge < -0.3 is 70.9 Å². The molecule has 0 spiro atoms. The van der Waals surface area contributed by atoms with E-state index >= 15 is 0 Å². The lowest BCUT2D eigenvalue weighted by atomic mass is 10.1. The highest BCUT2D eigenvalue weighted by Crippen LogP contribution is 2.31. The van der Waals surface area contributed by atoms with Gasteiger partial charge >= 0.3 is 11.4 Å². The molecule has 4 amide bonds. The summed E-state index contributed by atoms with van der Waals surface area (Å²) >= 11 is 0. The van der Waals surface area contributed by atoms with E-state index in [-0.39, 0.29) is 32.5 Å².